The number of halogens is 1. The van der Waals surface area contributed by atoms with Gasteiger partial charge in [0.25, 0.3) is 0 Å². The van der Waals surface area contributed by atoms with Gasteiger partial charge in [-0.15, -0.1) is 22.9 Å². The number of hydrogen-bond acceptors (Lipinski definition) is 5. The second-order valence-electron chi connectivity index (χ2n) is 5.56. The van der Waals surface area contributed by atoms with Gasteiger partial charge in [-0.2, -0.15) is 0 Å². The van der Waals surface area contributed by atoms with Crippen LogP contribution in [0.2, 0.25) is 0 Å². The van der Waals surface area contributed by atoms with Crippen molar-refractivity contribution < 1.29 is 14.3 Å². The summed E-state index contributed by atoms with van der Waals surface area (Å²) in [6.45, 7) is 9.82. The Labute approximate surface area is 134 Å². The van der Waals surface area contributed by atoms with Crippen molar-refractivity contribution >= 4 is 34.8 Å². The highest BCUT2D eigenvalue weighted by atomic mass is 35.5. The molecule has 0 spiro atoms. The summed E-state index contributed by atoms with van der Waals surface area (Å²) in [5.41, 5.74) is -0.104. The number of thiazole rings is 1. The molecular formula is C14H21ClN2O3S. The lowest BCUT2D eigenvalue weighted by Crippen LogP contribution is -2.47. The number of rotatable bonds is 5. The van der Waals surface area contributed by atoms with Gasteiger partial charge in [0, 0.05) is 10.9 Å². The summed E-state index contributed by atoms with van der Waals surface area (Å²) in [5, 5.41) is 1.72. The number of amides is 1. The van der Waals surface area contributed by atoms with Gasteiger partial charge in [0.1, 0.15) is 10.4 Å². The van der Waals surface area contributed by atoms with Crippen molar-refractivity contribution in [1.82, 2.24) is 9.88 Å². The number of nitrogens with zero attached hydrogens (tertiary/aromatic N) is 2. The molecule has 21 heavy (non-hydrogen) atoms. The number of ether oxygens (including phenoxy) is 1. The number of aromatic nitrogens is 1. The van der Waals surface area contributed by atoms with E-state index < -0.39 is 11.3 Å². The molecule has 5 nitrogen and oxygen atoms in total. The van der Waals surface area contributed by atoms with Crippen molar-refractivity contribution in [3.8, 4) is 0 Å². The van der Waals surface area contributed by atoms with Gasteiger partial charge in [-0.1, -0.05) is 0 Å². The van der Waals surface area contributed by atoms with Crippen LogP contribution in [0.5, 0.6) is 0 Å². The second kappa shape index (κ2) is 7.22. The molecule has 1 unspecified atom stereocenters. The van der Waals surface area contributed by atoms with E-state index in [-0.39, 0.29) is 17.1 Å². The number of carbonyl (C=O) groups is 2. The maximum atomic E-state index is 12.2. The smallest absolute Gasteiger partial charge is 0.357 e. The first kappa shape index (κ1) is 17.9. The molecular weight excluding hydrogens is 312 g/mol. The number of carbonyl (C=O) groups excluding carboxylic acids is 2. The summed E-state index contributed by atoms with van der Waals surface area (Å²) in [4.78, 5) is 29.7. The molecule has 0 radical (unpaired) electrons. The van der Waals surface area contributed by atoms with Crippen molar-refractivity contribution in [2.75, 3.05) is 6.61 Å². The fraction of sp³-hybridized carbons (Fsp3) is 0.643. The van der Waals surface area contributed by atoms with Crippen molar-refractivity contribution in [1.29, 1.82) is 0 Å². The zero-order valence-electron chi connectivity index (χ0n) is 13.0. The SMILES string of the molecule is CCOC(=O)c1csc(CN(C(=O)C(C)Cl)C(C)(C)C)n1. The zero-order chi connectivity index (χ0) is 16.2. The van der Waals surface area contributed by atoms with Gasteiger partial charge in [0.2, 0.25) is 5.91 Å². The molecule has 0 bridgehead atoms. The van der Waals surface area contributed by atoms with E-state index in [1.165, 1.54) is 11.3 Å². The van der Waals surface area contributed by atoms with Gasteiger partial charge < -0.3 is 9.64 Å². The molecule has 1 aromatic heterocycles. The van der Waals surface area contributed by atoms with E-state index in [2.05, 4.69) is 4.98 Å². The van der Waals surface area contributed by atoms with Crippen LogP contribution in [-0.2, 0) is 16.1 Å². The van der Waals surface area contributed by atoms with Gasteiger partial charge in [-0.3, -0.25) is 4.79 Å². The Hall–Kier alpha value is -1.14. The van der Waals surface area contributed by atoms with Crippen LogP contribution >= 0.6 is 22.9 Å². The molecule has 0 aliphatic rings. The molecule has 1 aromatic rings. The fourth-order valence-electron chi connectivity index (χ4n) is 1.68. The predicted octanol–water partition coefficient (Wildman–Crippen LogP) is 3.07. The third kappa shape index (κ3) is 4.97. The Morgan fingerprint density at radius 3 is 2.57 bits per heavy atom. The van der Waals surface area contributed by atoms with E-state index in [4.69, 9.17) is 16.3 Å². The Kier molecular flexibility index (Phi) is 6.16. The van der Waals surface area contributed by atoms with Crippen LogP contribution in [0.3, 0.4) is 0 Å². The van der Waals surface area contributed by atoms with Crippen molar-refractivity contribution in [3.63, 3.8) is 0 Å². The van der Waals surface area contributed by atoms with E-state index >= 15 is 0 Å². The van der Waals surface area contributed by atoms with Crippen LogP contribution in [0, 0.1) is 0 Å². The Morgan fingerprint density at radius 1 is 1.48 bits per heavy atom. The van der Waals surface area contributed by atoms with E-state index in [9.17, 15) is 9.59 Å². The summed E-state index contributed by atoms with van der Waals surface area (Å²) < 4.78 is 4.90. The first-order valence-corrected chi connectivity index (χ1v) is 8.05. The average molecular weight is 333 g/mol. The first-order valence-electron chi connectivity index (χ1n) is 6.74. The molecule has 0 aromatic carbocycles. The van der Waals surface area contributed by atoms with Crippen LogP contribution in [0.4, 0.5) is 0 Å². The van der Waals surface area contributed by atoms with Crippen LogP contribution < -0.4 is 0 Å². The highest BCUT2D eigenvalue weighted by molar-refractivity contribution is 7.09. The molecule has 1 rings (SSSR count). The van der Waals surface area contributed by atoms with Crippen molar-refractivity contribution in [2.45, 2.75) is 52.1 Å². The molecule has 1 heterocycles. The third-order valence-corrected chi connectivity index (χ3v) is 3.77. The molecule has 118 valence electrons. The standard InChI is InChI=1S/C14H21ClN2O3S/c1-6-20-13(19)10-8-21-11(16-10)7-17(14(3,4)5)12(18)9(2)15/h8-9H,6-7H2,1-5H3. The average Bonchev–Trinajstić information content (AvgIpc) is 2.82. The lowest BCUT2D eigenvalue weighted by molar-refractivity contribution is -0.136. The fourth-order valence-corrected chi connectivity index (χ4v) is 2.55. The summed E-state index contributed by atoms with van der Waals surface area (Å²) in [6, 6.07) is 0. The zero-order valence-corrected chi connectivity index (χ0v) is 14.5. The van der Waals surface area contributed by atoms with Gasteiger partial charge in [-0.05, 0) is 34.6 Å². The van der Waals surface area contributed by atoms with E-state index in [1.807, 2.05) is 20.8 Å². The third-order valence-electron chi connectivity index (χ3n) is 2.75. The van der Waals surface area contributed by atoms with Crippen LogP contribution in [0.1, 0.15) is 50.1 Å². The quantitative estimate of drug-likeness (QED) is 0.614. The second-order valence-corrected chi connectivity index (χ2v) is 7.16. The molecule has 0 aliphatic carbocycles. The molecule has 1 atom stereocenters. The van der Waals surface area contributed by atoms with E-state index in [0.29, 0.717) is 18.2 Å². The minimum Gasteiger partial charge on any atom is -0.461 e. The summed E-state index contributed by atoms with van der Waals surface area (Å²) in [5.74, 6) is -0.601. The van der Waals surface area contributed by atoms with Crippen molar-refractivity contribution in [3.05, 3.63) is 16.1 Å². The monoisotopic (exact) mass is 332 g/mol. The molecule has 7 heteroatoms. The number of alkyl halides is 1. The predicted molar refractivity (Wildman–Crippen MR) is 83.7 cm³/mol. The van der Waals surface area contributed by atoms with Crippen molar-refractivity contribution in [2.24, 2.45) is 0 Å². The normalized spacial score (nSPS) is 12.9. The van der Waals surface area contributed by atoms with E-state index in [1.54, 1.807) is 24.1 Å². The molecule has 0 aliphatic heterocycles. The highest BCUT2D eigenvalue weighted by Crippen LogP contribution is 2.22. The highest BCUT2D eigenvalue weighted by Gasteiger charge is 2.30. The minimum atomic E-state index is -0.603. The Morgan fingerprint density at radius 2 is 2.10 bits per heavy atom. The van der Waals surface area contributed by atoms with Crippen LogP contribution in [0.25, 0.3) is 0 Å². The molecule has 0 N–H and O–H groups in total. The summed E-state index contributed by atoms with van der Waals surface area (Å²) >= 11 is 7.24. The first-order chi connectivity index (χ1) is 9.66. The maximum absolute atomic E-state index is 12.2. The topological polar surface area (TPSA) is 59.5 Å². The summed E-state index contributed by atoms with van der Waals surface area (Å²) in [6.07, 6.45) is 0. The maximum Gasteiger partial charge on any atom is 0.357 e. The lowest BCUT2D eigenvalue weighted by atomic mass is 10.1. The Bertz CT molecular complexity index is 509. The van der Waals surface area contributed by atoms with Gasteiger partial charge in [0.05, 0.1) is 13.2 Å². The van der Waals surface area contributed by atoms with Gasteiger partial charge >= 0.3 is 5.97 Å². The number of hydrogen-bond donors (Lipinski definition) is 0. The van der Waals surface area contributed by atoms with Crippen LogP contribution in [0.15, 0.2) is 5.38 Å². The minimum absolute atomic E-state index is 0.156. The largest absolute Gasteiger partial charge is 0.461 e. The molecule has 0 saturated carbocycles. The lowest BCUT2D eigenvalue weighted by Gasteiger charge is -2.36. The molecule has 0 fully saturated rings. The summed E-state index contributed by atoms with van der Waals surface area (Å²) in [7, 11) is 0. The molecule has 1 amide bonds. The van der Waals surface area contributed by atoms with E-state index in [0.717, 1.165) is 0 Å². The van der Waals surface area contributed by atoms with Crippen LogP contribution in [-0.4, -0.2) is 39.3 Å². The molecule has 0 saturated heterocycles. The Balaban J connectivity index is 2.90. The van der Waals surface area contributed by atoms with Gasteiger partial charge in [-0.25, -0.2) is 9.78 Å². The number of esters is 1. The van der Waals surface area contributed by atoms with Gasteiger partial charge in [0.15, 0.2) is 5.69 Å².